The number of ether oxygens (including phenoxy) is 1. The summed E-state index contributed by atoms with van der Waals surface area (Å²) in [6, 6.07) is -0.213. The standard InChI is InChI=1S/C22H26F3N3O6S/c1-21(2,3)35(33)27-16(12-5-4-6-13(23)11-12)22(24,25)17(29)15-18(30)26-20(32)28(19(15)31)14-7-9-34-10-8-14/h4-6,11,14-16,27H,7-10H2,1-3H3,(H,26,30,32)/t15?,16-,35?/m0/s1. The number of alkyl halides is 2. The molecule has 192 valence electrons. The van der Waals surface area contributed by atoms with Gasteiger partial charge >= 0.3 is 12.0 Å². The Bertz CT molecular complexity index is 1010. The summed E-state index contributed by atoms with van der Waals surface area (Å²) in [5.41, 5.74) is -0.415. The Morgan fingerprint density at radius 1 is 1.23 bits per heavy atom. The molecule has 0 aliphatic carbocycles. The van der Waals surface area contributed by atoms with Gasteiger partial charge in [0.05, 0.1) is 0 Å². The van der Waals surface area contributed by atoms with E-state index in [1.165, 1.54) is 20.8 Å². The molecule has 13 heteroatoms. The quantitative estimate of drug-likeness (QED) is 0.418. The van der Waals surface area contributed by atoms with Crippen LogP contribution in [0.1, 0.15) is 45.2 Å². The maximum atomic E-state index is 15.7. The summed E-state index contributed by atoms with van der Waals surface area (Å²) in [5.74, 6) is -12.9. The first-order valence-corrected chi connectivity index (χ1v) is 12.0. The van der Waals surface area contributed by atoms with E-state index < -0.39 is 75.0 Å². The number of urea groups is 1. The van der Waals surface area contributed by atoms with Crippen LogP contribution in [0.2, 0.25) is 0 Å². The number of benzene rings is 1. The number of rotatable bonds is 7. The van der Waals surface area contributed by atoms with E-state index in [1.807, 2.05) is 0 Å². The maximum Gasteiger partial charge on any atom is 0.331 e. The largest absolute Gasteiger partial charge is 0.598 e. The molecule has 3 atom stereocenters. The van der Waals surface area contributed by atoms with Gasteiger partial charge in [-0.15, -0.1) is 4.72 Å². The van der Waals surface area contributed by atoms with Gasteiger partial charge in [0.1, 0.15) is 16.6 Å². The van der Waals surface area contributed by atoms with Crippen LogP contribution in [-0.4, -0.2) is 63.0 Å². The summed E-state index contributed by atoms with van der Waals surface area (Å²) in [5, 5.41) is 1.80. The van der Waals surface area contributed by atoms with E-state index in [0.717, 1.165) is 24.3 Å². The fraction of sp³-hybridized carbons (Fsp3) is 0.545. The third-order valence-corrected chi connectivity index (χ3v) is 7.23. The number of amides is 4. The predicted molar refractivity (Wildman–Crippen MR) is 118 cm³/mol. The fourth-order valence-electron chi connectivity index (χ4n) is 3.77. The molecule has 0 spiro atoms. The molecule has 1 aromatic carbocycles. The van der Waals surface area contributed by atoms with E-state index in [2.05, 4.69) is 4.72 Å². The number of ketones is 1. The minimum absolute atomic E-state index is 0.203. The van der Waals surface area contributed by atoms with Crippen LogP contribution in [0, 0.1) is 11.7 Å². The number of nitrogens with zero attached hydrogens (tertiary/aromatic N) is 1. The van der Waals surface area contributed by atoms with Gasteiger partial charge in [-0.25, -0.2) is 9.18 Å². The Kier molecular flexibility index (Phi) is 7.94. The molecule has 2 heterocycles. The number of hydrogen-bond donors (Lipinski definition) is 2. The summed E-state index contributed by atoms with van der Waals surface area (Å²) >= 11 is -2.15. The molecule has 2 N–H and O–H groups in total. The van der Waals surface area contributed by atoms with Crippen molar-refractivity contribution in [2.75, 3.05) is 13.2 Å². The Morgan fingerprint density at radius 3 is 2.43 bits per heavy atom. The highest BCUT2D eigenvalue weighted by molar-refractivity contribution is 7.90. The van der Waals surface area contributed by atoms with Crippen LogP contribution >= 0.6 is 0 Å². The molecule has 2 saturated heterocycles. The smallest absolute Gasteiger partial charge is 0.331 e. The number of barbiturate groups is 1. The highest BCUT2D eigenvalue weighted by Gasteiger charge is 2.59. The van der Waals surface area contributed by atoms with E-state index in [0.29, 0.717) is 4.90 Å². The van der Waals surface area contributed by atoms with Gasteiger partial charge in [-0.05, 0) is 51.3 Å². The summed E-state index contributed by atoms with van der Waals surface area (Å²) < 4.78 is 64.3. The molecule has 9 nitrogen and oxygen atoms in total. The van der Waals surface area contributed by atoms with E-state index in [1.54, 1.807) is 5.32 Å². The highest BCUT2D eigenvalue weighted by atomic mass is 32.2. The normalized spacial score (nSPS) is 22.1. The van der Waals surface area contributed by atoms with Crippen molar-refractivity contribution in [2.24, 2.45) is 5.92 Å². The van der Waals surface area contributed by atoms with E-state index in [9.17, 15) is 28.1 Å². The van der Waals surface area contributed by atoms with Crippen molar-refractivity contribution < 1.29 is 41.6 Å². The average Bonchev–Trinajstić information content (AvgIpc) is 2.76. The van der Waals surface area contributed by atoms with Crippen molar-refractivity contribution >= 4 is 35.0 Å². The van der Waals surface area contributed by atoms with Crippen molar-refractivity contribution in [1.29, 1.82) is 0 Å². The molecule has 0 saturated carbocycles. The molecule has 2 unspecified atom stereocenters. The molecule has 2 aliphatic heterocycles. The molecule has 2 fully saturated rings. The molecule has 1 aromatic rings. The van der Waals surface area contributed by atoms with Crippen molar-refractivity contribution in [2.45, 2.75) is 56.4 Å². The van der Waals surface area contributed by atoms with E-state index >= 15 is 8.78 Å². The highest BCUT2D eigenvalue weighted by Crippen LogP contribution is 2.38. The van der Waals surface area contributed by atoms with Crippen LogP contribution in [0.5, 0.6) is 0 Å². The summed E-state index contributed by atoms with van der Waals surface area (Å²) in [7, 11) is 0. The summed E-state index contributed by atoms with van der Waals surface area (Å²) in [4.78, 5) is 51.5. The topological polar surface area (TPSA) is 128 Å². The van der Waals surface area contributed by atoms with Gasteiger partial charge in [-0.1, -0.05) is 12.1 Å². The van der Waals surface area contributed by atoms with Crippen molar-refractivity contribution in [3.05, 3.63) is 35.6 Å². The van der Waals surface area contributed by atoms with Crippen LogP contribution in [-0.2, 0) is 30.5 Å². The van der Waals surface area contributed by atoms with E-state index in [4.69, 9.17) is 4.74 Å². The molecule has 35 heavy (non-hydrogen) atoms. The minimum atomic E-state index is -4.49. The SMILES string of the molecule is CC(C)(C)[S+]([O-])N[C@@H](c1cccc(F)c1)C(F)(F)C(=O)C1C(=O)NC(=O)N(C2CCOCC2)C1=O. The van der Waals surface area contributed by atoms with E-state index in [-0.39, 0.29) is 26.1 Å². The number of carbonyl (C=O) groups excluding carboxylic acids is 4. The zero-order valence-electron chi connectivity index (χ0n) is 19.3. The van der Waals surface area contributed by atoms with Gasteiger partial charge in [0.15, 0.2) is 5.92 Å². The number of hydrogen-bond acceptors (Lipinski definition) is 7. The maximum absolute atomic E-state index is 15.7. The lowest BCUT2D eigenvalue weighted by atomic mass is 9.88. The lowest BCUT2D eigenvalue weighted by Crippen LogP contribution is -2.65. The summed E-state index contributed by atoms with van der Waals surface area (Å²) in [6.45, 7) is 4.89. The van der Waals surface area contributed by atoms with Crippen molar-refractivity contribution in [1.82, 2.24) is 14.9 Å². The van der Waals surface area contributed by atoms with Gasteiger partial charge in [0, 0.05) is 30.6 Å². The second-order valence-electron chi connectivity index (χ2n) is 9.25. The molecule has 4 amide bonds. The van der Waals surface area contributed by atoms with Crippen LogP contribution in [0.3, 0.4) is 0 Å². The molecule has 3 rings (SSSR count). The lowest BCUT2D eigenvalue weighted by Gasteiger charge is -2.38. The van der Waals surface area contributed by atoms with Gasteiger partial charge in [0.25, 0.3) is 5.91 Å². The Labute approximate surface area is 203 Å². The molecule has 2 aliphatic rings. The molecular formula is C22H26F3N3O6S. The average molecular weight is 518 g/mol. The first-order chi connectivity index (χ1) is 16.2. The van der Waals surface area contributed by atoms with Gasteiger partial charge in [0.2, 0.25) is 11.7 Å². The first-order valence-electron chi connectivity index (χ1n) is 10.9. The van der Waals surface area contributed by atoms with Crippen molar-refractivity contribution in [3.63, 3.8) is 0 Å². The summed E-state index contributed by atoms with van der Waals surface area (Å²) in [6.07, 6.45) is 0.422. The van der Waals surface area contributed by atoms with Gasteiger partial charge in [-0.3, -0.25) is 24.6 Å². The lowest BCUT2D eigenvalue weighted by molar-refractivity contribution is -0.162. The first kappa shape index (κ1) is 27.1. The third-order valence-electron chi connectivity index (χ3n) is 5.67. The number of nitrogens with one attached hydrogen (secondary N) is 2. The molecule has 0 radical (unpaired) electrons. The van der Waals surface area contributed by atoms with Gasteiger partial charge < -0.3 is 9.29 Å². The van der Waals surface area contributed by atoms with Crippen molar-refractivity contribution in [3.8, 4) is 0 Å². The Balaban J connectivity index is 1.98. The minimum Gasteiger partial charge on any atom is -0.598 e. The van der Waals surface area contributed by atoms with Crippen LogP contribution in [0.15, 0.2) is 24.3 Å². The Hall–Kier alpha value is -2.48. The zero-order chi connectivity index (χ0) is 26.1. The number of carbonyl (C=O) groups is 4. The van der Waals surface area contributed by atoms with Crippen LogP contribution < -0.4 is 10.0 Å². The molecular weight excluding hydrogens is 491 g/mol. The van der Waals surface area contributed by atoms with Gasteiger partial charge in [-0.2, -0.15) is 8.78 Å². The zero-order valence-corrected chi connectivity index (χ0v) is 20.1. The van der Waals surface area contributed by atoms with Crippen LogP contribution in [0.25, 0.3) is 0 Å². The number of halogens is 3. The Morgan fingerprint density at radius 2 is 1.86 bits per heavy atom. The monoisotopic (exact) mass is 517 g/mol. The fourth-order valence-corrected chi connectivity index (χ4v) is 4.62. The number of Topliss-reactive ketones (excluding diaryl/α,β-unsaturated/α-hetero) is 1. The third kappa shape index (κ3) is 5.68. The second-order valence-corrected chi connectivity index (χ2v) is 11.3. The molecule has 0 bridgehead atoms. The molecule has 0 aromatic heterocycles. The van der Waals surface area contributed by atoms with Crippen LogP contribution in [0.4, 0.5) is 18.0 Å². The number of imide groups is 2. The predicted octanol–water partition coefficient (Wildman–Crippen LogP) is 2.00. The second kappa shape index (κ2) is 10.2.